The molecule has 3 aromatic carbocycles. The number of hydrogen-bond donors (Lipinski definition) is 5. The van der Waals surface area contributed by atoms with Crippen molar-refractivity contribution in [2.45, 2.75) is 89.5 Å². The number of hydrogen-bond acceptors (Lipinski definition) is 19. The topological polar surface area (TPSA) is 320 Å². The summed E-state index contributed by atoms with van der Waals surface area (Å²) in [5, 5.41) is 21.6. The molecule has 3 aromatic heterocycles. The van der Waals surface area contributed by atoms with Crippen LogP contribution in [0.4, 0.5) is 21.7 Å². The highest BCUT2D eigenvalue weighted by atomic mass is 19.1. The molecule has 3 fully saturated rings. The molecule has 3 aliphatic heterocycles. The first-order valence-electron chi connectivity index (χ1n) is 32.5. The van der Waals surface area contributed by atoms with E-state index in [1.807, 2.05) is 23.1 Å². The Hall–Kier alpha value is -8.70. The zero-order valence-electron chi connectivity index (χ0n) is 53.7. The summed E-state index contributed by atoms with van der Waals surface area (Å²) in [5.41, 5.74) is 10.6. The molecule has 0 atom stereocenters. The smallest absolute Gasteiger partial charge is 0.325 e. The summed E-state index contributed by atoms with van der Waals surface area (Å²) in [7, 11) is 1.78. The number of likely N-dealkylation sites (tertiary alicyclic amines) is 2. The van der Waals surface area contributed by atoms with Crippen molar-refractivity contribution in [3.8, 4) is 11.1 Å². The number of esters is 1. The fraction of sp³-hybridized carbons (Fsp3) is 0.530. The maximum atomic E-state index is 16.0. The van der Waals surface area contributed by atoms with Crippen molar-refractivity contribution < 1.29 is 66.4 Å². The third-order valence-electron chi connectivity index (χ3n) is 16.9. The van der Waals surface area contributed by atoms with Crippen LogP contribution < -0.4 is 31.9 Å². The number of aryl methyl sites for hydroxylation is 1. The molecule has 6 N–H and O–H groups in total. The first-order chi connectivity index (χ1) is 45.7. The molecule has 0 radical (unpaired) electrons. The van der Waals surface area contributed by atoms with E-state index in [-0.39, 0.29) is 81.6 Å². The van der Waals surface area contributed by atoms with Crippen LogP contribution in [0.1, 0.15) is 105 Å². The molecule has 3 saturated heterocycles. The van der Waals surface area contributed by atoms with Gasteiger partial charge in [0.25, 0.3) is 5.91 Å². The van der Waals surface area contributed by atoms with Gasteiger partial charge in [-0.2, -0.15) is 10.2 Å². The van der Waals surface area contributed by atoms with Crippen LogP contribution in [0, 0.1) is 5.82 Å². The van der Waals surface area contributed by atoms with Crippen LogP contribution in [-0.2, 0) is 70.8 Å². The molecule has 506 valence electrons. The van der Waals surface area contributed by atoms with Gasteiger partial charge in [0, 0.05) is 93.6 Å². The largest absolute Gasteiger partial charge is 0.465 e. The van der Waals surface area contributed by atoms with Gasteiger partial charge in [0.2, 0.25) is 29.5 Å². The molecule has 3 aliphatic rings. The minimum atomic E-state index is -0.641. The number of carbonyl (C=O) groups excluding carboxylic acids is 7. The number of amides is 6. The van der Waals surface area contributed by atoms with Crippen molar-refractivity contribution >= 4 is 80.5 Å². The maximum Gasteiger partial charge on any atom is 0.325 e. The fourth-order valence-corrected chi connectivity index (χ4v) is 11.9. The molecule has 6 heterocycles. The quantitative estimate of drug-likeness (QED) is 0.0267. The highest BCUT2D eigenvalue weighted by molar-refractivity contribution is 6.00. The summed E-state index contributed by atoms with van der Waals surface area (Å²) in [6, 6.07) is 16.7. The summed E-state index contributed by atoms with van der Waals surface area (Å²) in [6.45, 7) is 8.65. The van der Waals surface area contributed by atoms with E-state index < -0.39 is 29.5 Å². The van der Waals surface area contributed by atoms with E-state index in [0.29, 0.717) is 150 Å². The Balaban J connectivity index is 0.579. The lowest BCUT2D eigenvalue weighted by Crippen LogP contribution is -2.40. The van der Waals surface area contributed by atoms with Gasteiger partial charge in [-0.25, -0.2) is 14.4 Å². The Kier molecular flexibility index (Phi) is 26.3. The Bertz CT molecular complexity index is 3530. The molecular weight excluding hydrogens is 1220 g/mol. The molecule has 0 unspecified atom stereocenters. The van der Waals surface area contributed by atoms with Gasteiger partial charge in [0.15, 0.2) is 11.5 Å². The predicted octanol–water partition coefficient (Wildman–Crippen LogP) is 4.63. The van der Waals surface area contributed by atoms with Crippen molar-refractivity contribution in [1.29, 1.82) is 0 Å². The lowest BCUT2D eigenvalue weighted by atomic mass is 9.88. The highest BCUT2D eigenvalue weighted by Gasteiger charge is 2.31. The first-order valence-corrected chi connectivity index (χ1v) is 32.5. The predicted molar refractivity (Wildman–Crippen MR) is 346 cm³/mol. The molecule has 6 aromatic rings. The molecule has 94 heavy (non-hydrogen) atoms. The second kappa shape index (κ2) is 35.5. The summed E-state index contributed by atoms with van der Waals surface area (Å²) in [5.74, 6) is -1.88. The number of benzene rings is 3. The molecule has 28 heteroatoms. The maximum absolute atomic E-state index is 16.0. The average Bonchev–Trinajstić information content (AvgIpc) is 1.63. The molecule has 6 amide bonds. The highest BCUT2D eigenvalue weighted by Crippen LogP contribution is 2.40. The first kappa shape index (κ1) is 69.6. The number of primary amides is 1. The summed E-state index contributed by atoms with van der Waals surface area (Å²) in [4.78, 5) is 103. The fourth-order valence-electron chi connectivity index (χ4n) is 11.9. The average molecular weight is 1300 g/mol. The zero-order valence-corrected chi connectivity index (χ0v) is 53.7. The van der Waals surface area contributed by atoms with Gasteiger partial charge in [-0.15, -0.1) is 0 Å². The number of rotatable bonds is 35. The van der Waals surface area contributed by atoms with Gasteiger partial charge in [-0.3, -0.25) is 42.9 Å². The molecule has 0 spiro atoms. The number of halogens is 1. The van der Waals surface area contributed by atoms with Crippen molar-refractivity contribution in [3.05, 3.63) is 89.8 Å². The number of nitrogens with one attached hydrogen (secondary N) is 4. The van der Waals surface area contributed by atoms with Crippen molar-refractivity contribution in [3.63, 3.8) is 0 Å². The number of anilines is 3. The number of nitrogens with zero attached hydrogens (tertiary/aromatic N) is 9. The molecular formula is C66H87FN14O13. The van der Waals surface area contributed by atoms with Gasteiger partial charge in [-0.05, 0) is 99.2 Å². The van der Waals surface area contributed by atoms with Gasteiger partial charge in [0.05, 0.1) is 115 Å². The van der Waals surface area contributed by atoms with Crippen LogP contribution in [0.15, 0.2) is 67.0 Å². The van der Waals surface area contributed by atoms with Gasteiger partial charge < -0.3 is 70.1 Å². The van der Waals surface area contributed by atoms with Crippen LogP contribution >= 0.6 is 0 Å². The van der Waals surface area contributed by atoms with E-state index in [2.05, 4.69) is 48.4 Å². The standard InChI is InChI=1S/C66H87FN14O13/c1-3-94-61(87)43-71-57(83)42-70-58(84)44-81-53-9-7-8-50(51-39-54-48(38-52(51)67)40-73-77(54)2)62(53)63(76-81)47-18-26-79(27-19-47)59(85)15-14-56(82)69-21-29-90-31-33-92-35-37-93-36-34-91-32-30-89-28-20-60(86)80-24-16-46(17-25-80)45-10-12-49(13-11-45)74-66-64(65(68)88)72-41-55(75-66)78-22-5-4-6-23-78/h7-13,38-41,46-47H,3-6,14-37,42-44H2,1-2H3,(H2,68,88)(H,69,82)(H,70,84)(H,71,83)(H,74,75). The minimum absolute atomic E-state index is 0.0145. The Morgan fingerprint density at radius 3 is 1.93 bits per heavy atom. The summed E-state index contributed by atoms with van der Waals surface area (Å²) >= 11 is 0. The summed E-state index contributed by atoms with van der Waals surface area (Å²) < 4.78 is 52.1. The van der Waals surface area contributed by atoms with Gasteiger partial charge >= 0.3 is 5.97 Å². The molecule has 0 bridgehead atoms. The van der Waals surface area contributed by atoms with Crippen molar-refractivity contribution in [2.24, 2.45) is 12.8 Å². The lowest BCUT2D eigenvalue weighted by Gasteiger charge is -2.32. The zero-order chi connectivity index (χ0) is 66.2. The van der Waals surface area contributed by atoms with Crippen LogP contribution in [0.25, 0.3) is 32.9 Å². The molecule has 27 nitrogen and oxygen atoms in total. The third kappa shape index (κ3) is 19.9. The number of aromatic nitrogens is 6. The monoisotopic (exact) mass is 1300 g/mol. The second-order valence-corrected chi connectivity index (χ2v) is 23.3. The Morgan fingerprint density at radius 2 is 1.27 bits per heavy atom. The second-order valence-electron chi connectivity index (χ2n) is 23.3. The van der Waals surface area contributed by atoms with Crippen LogP contribution in [-0.4, -0.2) is 212 Å². The van der Waals surface area contributed by atoms with Crippen LogP contribution in [0.2, 0.25) is 0 Å². The minimum Gasteiger partial charge on any atom is -0.465 e. The van der Waals surface area contributed by atoms with Crippen LogP contribution in [0.3, 0.4) is 0 Å². The van der Waals surface area contributed by atoms with Gasteiger partial charge in [0.1, 0.15) is 24.7 Å². The number of nitrogens with two attached hydrogens (primary N) is 1. The van der Waals surface area contributed by atoms with Crippen molar-refractivity contribution in [1.82, 2.24) is 55.3 Å². The Labute approximate surface area is 545 Å². The van der Waals surface area contributed by atoms with Gasteiger partial charge in [-0.1, -0.05) is 24.3 Å². The number of fused-ring (bicyclic) bond motifs is 2. The Morgan fingerprint density at radius 1 is 0.638 bits per heavy atom. The molecule has 0 saturated carbocycles. The molecule has 9 rings (SSSR count). The normalized spacial score (nSPS) is 14.7. The summed E-state index contributed by atoms with van der Waals surface area (Å²) in [6.07, 6.45) is 9.73. The number of piperidine rings is 3. The SMILES string of the molecule is CCOC(=O)CNC(=O)CNC(=O)Cn1nc(C2CCN(C(=O)CCC(=O)NCCOCCOCCOCCOCCOCCC(=O)N3CCC(c4ccc(Nc5nc(N6CCCCC6)cnc5C(N)=O)cc4)CC3)CC2)c2c(-c3cc4c(cnn4C)cc3F)cccc21. The number of carbonyl (C=O) groups is 7. The van der Waals surface area contributed by atoms with E-state index in [9.17, 15) is 33.6 Å². The van der Waals surface area contributed by atoms with Crippen molar-refractivity contribution in [2.75, 3.05) is 142 Å². The van der Waals surface area contributed by atoms with Crippen LogP contribution in [0.5, 0.6) is 0 Å². The third-order valence-corrected chi connectivity index (χ3v) is 16.9. The van der Waals surface area contributed by atoms with E-state index in [4.69, 9.17) is 44.2 Å². The van der Waals surface area contributed by atoms with E-state index in [1.54, 1.807) is 54.1 Å². The van der Waals surface area contributed by atoms with E-state index in [0.717, 1.165) is 55.8 Å². The molecule has 0 aliphatic carbocycles. The van der Waals surface area contributed by atoms with E-state index in [1.165, 1.54) is 22.7 Å². The van der Waals surface area contributed by atoms with E-state index >= 15 is 4.39 Å². The number of ether oxygens (including phenoxy) is 6. The lowest BCUT2D eigenvalue weighted by molar-refractivity contribution is -0.143.